The zero-order valence-corrected chi connectivity index (χ0v) is 25.5. The Morgan fingerprint density at radius 2 is 1.71 bits per heavy atom. The number of carbonyl (C=O) groups is 4. The van der Waals surface area contributed by atoms with Crippen LogP contribution in [0.5, 0.6) is 0 Å². The summed E-state index contributed by atoms with van der Waals surface area (Å²) in [4.78, 5) is 52.2. The molecular formula is C32H46O9. The van der Waals surface area contributed by atoms with Gasteiger partial charge in [0.25, 0.3) is 0 Å². The third-order valence-electron chi connectivity index (χ3n) is 11.5. The van der Waals surface area contributed by atoms with Crippen LogP contribution in [0, 0.1) is 39.4 Å². The van der Waals surface area contributed by atoms with E-state index in [0.29, 0.717) is 6.42 Å². The van der Waals surface area contributed by atoms with Crippen LogP contribution in [0.15, 0.2) is 23.8 Å². The van der Waals surface area contributed by atoms with Crippen molar-refractivity contribution in [2.45, 2.75) is 104 Å². The van der Waals surface area contributed by atoms with Crippen LogP contribution < -0.4 is 0 Å². The lowest BCUT2D eigenvalue weighted by molar-refractivity contribution is -0.192. The minimum Gasteiger partial charge on any atom is -0.456 e. The molecule has 9 heteroatoms. The van der Waals surface area contributed by atoms with E-state index in [1.807, 2.05) is 19.9 Å². The van der Waals surface area contributed by atoms with Gasteiger partial charge in [-0.1, -0.05) is 25.5 Å². The number of ketones is 3. The maximum absolute atomic E-state index is 14.4. The molecular weight excluding hydrogens is 528 g/mol. The third-order valence-corrected chi connectivity index (χ3v) is 11.5. The van der Waals surface area contributed by atoms with Crippen LogP contribution in [0.25, 0.3) is 0 Å². The molecule has 0 aromatic heterocycles. The Kier molecular flexibility index (Phi) is 7.47. The monoisotopic (exact) mass is 574 g/mol. The van der Waals surface area contributed by atoms with Crippen molar-refractivity contribution >= 4 is 23.3 Å². The maximum atomic E-state index is 14.4. The van der Waals surface area contributed by atoms with E-state index in [1.54, 1.807) is 27.7 Å². The summed E-state index contributed by atoms with van der Waals surface area (Å²) in [6.45, 7) is 12.6. The van der Waals surface area contributed by atoms with Crippen LogP contribution in [-0.2, 0) is 23.9 Å². The first-order chi connectivity index (χ1) is 18.6. The van der Waals surface area contributed by atoms with Gasteiger partial charge in [0.1, 0.15) is 23.1 Å². The summed E-state index contributed by atoms with van der Waals surface area (Å²) in [7, 11) is 0. The fraction of sp³-hybridized carbons (Fsp3) is 0.750. The SMILES string of the molecule is CC(=O)OC(C)(C)/C=C/C(=O)[C@](C)(O)C1[C@H](O)C[C@@]2(C)C3CC=C4[C@@H](C[C@H](O)C(=O)C4(C)C)[C@]3(CO)C(=O)C[C@]12C. The van der Waals surface area contributed by atoms with Crippen LogP contribution in [-0.4, -0.2) is 73.8 Å². The molecule has 3 saturated carbocycles. The minimum atomic E-state index is -2.06. The zero-order valence-electron chi connectivity index (χ0n) is 25.5. The van der Waals surface area contributed by atoms with E-state index >= 15 is 0 Å². The highest BCUT2D eigenvalue weighted by Crippen LogP contribution is 2.74. The van der Waals surface area contributed by atoms with Gasteiger partial charge < -0.3 is 25.2 Å². The summed E-state index contributed by atoms with van der Waals surface area (Å²) < 4.78 is 5.22. The van der Waals surface area contributed by atoms with E-state index in [-0.39, 0.29) is 30.8 Å². The zero-order chi connectivity index (χ0) is 31.1. The molecule has 4 aliphatic rings. The Hall–Kier alpha value is -2.20. The topological polar surface area (TPSA) is 158 Å². The molecule has 0 heterocycles. The molecule has 9 nitrogen and oxygen atoms in total. The molecule has 0 radical (unpaired) electrons. The van der Waals surface area contributed by atoms with Gasteiger partial charge in [0.05, 0.1) is 18.1 Å². The van der Waals surface area contributed by atoms with Crippen LogP contribution in [0.3, 0.4) is 0 Å². The predicted molar refractivity (Wildman–Crippen MR) is 149 cm³/mol. The Bertz CT molecular complexity index is 1230. The molecule has 228 valence electrons. The number of carbonyl (C=O) groups excluding carboxylic acids is 4. The Balaban J connectivity index is 1.78. The quantitative estimate of drug-likeness (QED) is 0.212. The number of fused-ring (bicyclic) bond motifs is 5. The molecule has 0 bridgehead atoms. The molecule has 4 rings (SSSR count). The van der Waals surface area contributed by atoms with E-state index in [9.17, 15) is 39.6 Å². The van der Waals surface area contributed by atoms with Gasteiger partial charge in [-0.2, -0.15) is 0 Å². The number of aliphatic hydroxyl groups is 4. The number of hydrogen-bond acceptors (Lipinski definition) is 9. The van der Waals surface area contributed by atoms with E-state index < -0.39 is 81.2 Å². The lowest BCUT2D eigenvalue weighted by atomic mass is 9.38. The Labute approximate surface area is 242 Å². The van der Waals surface area contributed by atoms with Crippen molar-refractivity contribution in [1.82, 2.24) is 0 Å². The van der Waals surface area contributed by atoms with Crippen molar-refractivity contribution in [2.75, 3.05) is 6.61 Å². The van der Waals surface area contributed by atoms with E-state index in [0.717, 1.165) is 11.6 Å². The van der Waals surface area contributed by atoms with Gasteiger partial charge in [-0.25, -0.2) is 0 Å². The molecule has 0 saturated heterocycles. The molecule has 4 aliphatic carbocycles. The van der Waals surface area contributed by atoms with Gasteiger partial charge in [0.2, 0.25) is 0 Å². The molecule has 0 aromatic rings. The lowest BCUT2D eigenvalue weighted by Crippen LogP contribution is -2.67. The van der Waals surface area contributed by atoms with E-state index in [2.05, 4.69) is 0 Å². The number of allylic oxidation sites excluding steroid dienone is 2. The van der Waals surface area contributed by atoms with Gasteiger partial charge in [-0.3, -0.25) is 19.2 Å². The van der Waals surface area contributed by atoms with Gasteiger partial charge in [0, 0.05) is 24.7 Å². The van der Waals surface area contributed by atoms with Crippen LogP contribution in [0.2, 0.25) is 0 Å². The lowest BCUT2D eigenvalue weighted by Gasteiger charge is -2.64. The van der Waals surface area contributed by atoms with Crippen LogP contribution >= 0.6 is 0 Å². The summed E-state index contributed by atoms with van der Waals surface area (Å²) in [5, 5.41) is 45.0. The van der Waals surface area contributed by atoms with Crippen molar-refractivity contribution in [1.29, 1.82) is 0 Å². The highest BCUT2D eigenvalue weighted by atomic mass is 16.6. The average Bonchev–Trinajstić information content (AvgIpc) is 3.05. The van der Waals surface area contributed by atoms with Crippen molar-refractivity contribution in [3.05, 3.63) is 23.8 Å². The molecule has 0 aromatic carbocycles. The molecule has 4 N–H and O–H groups in total. The van der Waals surface area contributed by atoms with Crippen molar-refractivity contribution in [2.24, 2.45) is 39.4 Å². The van der Waals surface area contributed by atoms with E-state index in [1.165, 1.54) is 19.9 Å². The molecule has 2 unspecified atom stereocenters. The highest BCUT2D eigenvalue weighted by molar-refractivity contribution is 5.98. The number of Topliss-reactive ketones (excluding diaryl/α,β-unsaturated/α-hetero) is 2. The van der Waals surface area contributed by atoms with Crippen LogP contribution in [0.1, 0.15) is 81.1 Å². The summed E-state index contributed by atoms with van der Waals surface area (Å²) in [5.74, 6) is -3.76. The van der Waals surface area contributed by atoms with Crippen LogP contribution in [0.4, 0.5) is 0 Å². The second-order valence-corrected chi connectivity index (χ2v) is 14.7. The standard InChI is InChI=1S/C32H46O9/c1-17(34)41-27(2,3)12-11-23(37)31(8,40)25-21(36)14-29(6)22-10-9-18-19(13-20(35)26(39)28(18,4)5)32(22,16-33)24(38)15-30(25,29)7/h9,11-12,19-22,25,33,35-36,40H,10,13-16H2,1-8H3/b12-11+/t19-,20+,21-,22?,25?,29+,30-,31+,32+/m1/s1. The number of hydrogen-bond donors (Lipinski definition) is 4. The van der Waals surface area contributed by atoms with Crippen molar-refractivity contribution in [3.63, 3.8) is 0 Å². The van der Waals surface area contributed by atoms with Crippen molar-refractivity contribution < 1.29 is 44.3 Å². The second-order valence-electron chi connectivity index (χ2n) is 14.7. The van der Waals surface area contributed by atoms with Gasteiger partial charge in [-0.05, 0) is 88.7 Å². The first kappa shape index (κ1) is 31.7. The second kappa shape index (κ2) is 9.66. The first-order valence-corrected chi connectivity index (χ1v) is 14.5. The number of ether oxygens (including phenoxy) is 1. The molecule has 0 amide bonds. The molecule has 9 atom stereocenters. The highest BCUT2D eigenvalue weighted by Gasteiger charge is 2.75. The largest absolute Gasteiger partial charge is 0.456 e. The summed E-state index contributed by atoms with van der Waals surface area (Å²) in [6, 6.07) is 0. The van der Waals surface area contributed by atoms with Gasteiger partial charge >= 0.3 is 5.97 Å². The third kappa shape index (κ3) is 4.33. The summed E-state index contributed by atoms with van der Waals surface area (Å²) in [6.07, 6.45) is 2.66. The maximum Gasteiger partial charge on any atom is 0.303 e. The number of esters is 1. The predicted octanol–water partition coefficient (Wildman–Crippen LogP) is 2.47. The summed E-state index contributed by atoms with van der Waals surface area (Å²) in [5.41, 5.74) is -6.45. The minimum absolute atomic E-state index is 0.0365. The Morgan fingerprint density at radius 1 is 1.10 bits per heavy atom. The molecule has 41 heavy (non-hydrogen) atoms. The number of rotatable bonds is 6. The normalized spacial score (nSPS) is 41.7. The van der Waals surface area contributed by atoms with E-state index in [4.69, 9.17) is 4.74 Å². The molecule has 0 aliphatic heterocycles. The molecule has 0 spiro atoms. The van der Waals surface area contributed by atoms with Gasteiger partial charge in [-0.15, -0.1) is 0 Å². The van der Waals surface area contributed by atoms with Gasteiger partial charge in [0.15, 0.2) is 11.6 Å². The van der Waals surface area contributed by atoms with Crippen molar-refractivity contribution in [3.8, 4) is 0 Å². The fourth-order valence-corrected chi connectivity index (χ4v) is 9.47. The summed E-state index contributed by atoms with van der Waals surface area (Å²) >= 11 is 0. The average molecular weight is 575 g/mol. The first-order valence-electron chi connectivity index (χ1n) is 14.5. The Morgan fingerprint density at radius 3 is 2.27 bits per heavy atom. The molecule has 3 fully saturated rings. The number of aliphatic hydroxyl groups excluding tert-OH is 3. The smallest absolute Gasteiger partial charge is 0.303 e. The fourth-order valence-electron chi connectivity index (χ4n) is 9.47.